The molecular weight excluding hydrogens is 300 g/mol. The van der Waals surface area contributed by atoms with Crippen molar-refractivity contribution in [3.8, 4) is 5.88 Å². The maximum absolute atomic E-state index is 5.83. The van der Waals surface area contributed by atoms with Gasteiger partial charge in [0.05, 0.1) is 24.0 Å². The van der Waals surface area contributed by atoms with Crippen LogP contribution >= 0.6 is 15.9 Å². The molecule has 2 heterocycles. The monoisotopic (exact) mass is 312 g/mol. The molecule has 18 heavy (non-hydrogen) atoms. The van der Waals surface area contributed by atoms with Crippen LogP contribution in [0.15, 0.2) is 16.9 Å². The summed E-state index contributed by atoms with van der Waals surface area (Å²) in [5.41, 5.74) is 6.73. The largest absolute Gasteiger partial charge is 0.480 e. The van der Waals surface area contributed by atoms with Crippen molar-refractivity contribution < 1.29 is 4.74 Å². The summed E-state index contributed by atoms with van der Waals surface area (Å²) in [7, 11) is 3.34. The van der Waals surface area contributed by atoms with E-state index in [1.165, 1.54) is 0 Å². The van der Waals surface area contributed by atoms with Crippen LogP contribution in [-0.2, 0) is 13.6 Å². The van der Waals surface area contributed by atoms with E-state index in [4.69, 9.17) is 10.5 Å². The number of methoxy groups -OCH3 is 1. The third-order valence-corrected chi connectivity index (χ3v) is 2.95. The van der Waals surface area contributed by atoms with Gasteiger partial charge in [-0.15, -0.1) is 0 Å². The van der Waals surface area contributed by atoms with Crippen LogP contribution in [0.5, 0.6) is 5.88 Å². The first-order chi connectivity index (χ1) is 8.61. The third-order valence-electron chi connectivity index (χ3n) is 2.41. The molecule has 0 fully saturated rings. The molecule has 8 heteroatoms. The van der Waals surface area contributed by atoms with Crippen LogP contribution in [0.4, 0.5) is 11.8 Å². The molecule has 0 aliphatic rings. The van der Waals surface area contributed by atoms with Crippen LogP contribution in [0.3, 0.4) is 0 Å². The second-order valence-corrected chi connectivity index (χ2v) is 4.44. The van der Waals surface area contributed by atoms with E-state index in [9.17, 15) is 0 Å². The Labute approximate surface area is 113 Å². The van der Waals surface area contributed by atoms with Crippen LogP contribution < -0.4 is 15.8 Å². The number of nitrogen functional groups attached to an aromatic ring is 1. The number of aromatic nitrogens is 4. The highest BCUT2D eigenvalue weighted by molar-refractivity contribution is 9.10. The average molecular weight is 313 g/mol. The first kappa shape index (κ1) is 12.6. The second-order valence-electron chi connectivity index (χ2n) is 3.58. The topological polar surface area (TPSA) is 90.9 Å². The normalized spacial score (nSPS) is 10.4. The minimum Gasteiger partial charge on any atom is -0.480 e. The fourth-order valence-corrected chi connectivity index (χ4v) is 1.74. The minimum atomic E-state index is 0.471. The highest BCUT2D eigenvalue weighted by atomic mass is 79.9. The molecule has 0 amide bonds. The van der Waals surface area contributed by atoms with Crippen LogP contribution in [-0.4, -0.2) is 26.9 Å². The molecule has 2 aromatic rings. The summed E-state index contributed by atoms with van der Waals surface area (Å²) < 4.78 is 7.40. The van der Waals surface area contributed by atoms with Crippen molar-refractivity contribution in [3.05, 3.63) is 22.4 Å². The zero-order valence-electron chi connectivity index (χ0n) is 10.0. The fraction of sp³-hybridized carbons (Fsp3) is 0.300. The lowest BCUT2D eigenvalue weighted by molar-refractivity contribution is 0.394. The first-order valence-corrected chi connectivity index (χ1v) is 5.98. The average Bonchev–Trinajstić information content (AvgIpc) is 2.69. The van der Waals surface area contributed by atoms with Gasteiger partial charge in [0.15, 0.2) is 0 Å². The van der Waals surface area contributed by atoms with Crippen molar-refractivity contribution in [2.24, 2.45) is 7.05 Å². The minimum absolute atomic E-state index is 0.471. The maximum atomic E-state index is 5.83. The van der Waals surface area contributed by atoms with E-state index in [0.29, 0.717) is 28.7 Å². The lowest BCUT2D eigenvalue weighted by atomic mass is 10.3. The maximum Gasteiger partial charge on any atom is 0.232 e. The van der Waals surface area contributed by atoms with E-state index >= 15 is 0 Å². The van der Waals surface area contributed by atoms with Gasteiger partial charge in [-0.25, -0.2) is 4.98 Å². The molecule has 0 bridgehead atoms. The second kappa shape index (κ2) is 5.21. The molecule has 0 saturated carbocycles. The number of nitrogens with two attached hydrogens (primary N) is 1. The fourth-order valence-electron chi connectivity index (χ4n) is 1.38. The number of halogens is 1. The van der Waals surface area contributed by atoms with E-state index in [-0.39, 0.29) is 0 Å². The van der Waals surface area contributed by atoms with Gasteiger partial charge in [0.2, 0.25) is 11.8 Å². The molecule has 3 N–H and O–H groups in total. The summed E-state index contributed by atoms with van der Waals surface area (Å²) in [6, 6.07) is 0. The van der Waals surface area contributed by atoms with Crippen molar-refractivity contribution >= 4 is 27.7 Å². The number of nitrogens with zero attached hydrogens (tertiary/aromatic N) is 4. The Bertz CT molecular complexity index is 555. The Hall–Kier alpha value is -1.83. The van der Waals surface area contributed by atoms with Crippen LogP contribution in [0.2, 0.25) is 0 Å². The van der Waals surface area contributed by atoms with Crippen LogP contribution in [0.1, 0.15) is 5.56 Å². The molecule has 96 valence electrons. The number of anilines is 2. The lowest BCUT2D eigenvalue weighted by Gasteiger charge is -2.06. The lowest BCUT2D eigenvalue weighted by Crippen LogP contribution is -2.06. The predicted molar refractivity (Wildman–Crippen MR) is 71.2 cm³/mol. The van der Waals surface area contributed by atoms with Crippen LogP contribution in [0, 0.1) is 0 Å². The predicted octanol–water partition coefficient (Wildman–Crippen LogP) is 1.18. The zero-order chi connectivity index (χ0) is 13.1. The van der Waals surface area contributed by atoms with Gasteiger partial charge in [-0.05, 0) is 15.9 Å². The highest BCUT2D eigenvalue weighted by Crippen LogP contribution is 2.22. The van der Waals surface area contributed by atoms with E-state index < -0.39 is 0 Å². The molecule has 0 spiro atoms. The molecule has 0 unspecified atom stereocenters. The number of aryl methyl sites for hydroxylation is 1. The number of hydrogen-bond acceptors (Lipinski definition) is 6. The molecule has 0 saturated heterocycles. The molecule has 0 atom stereocenters. The summed E-state index contributed by atoms with van der Waals surface area (Å²) >= 11 is 3.29. The van der Waals surface area contributed by atoms with Crippen molar-refractivity contribution in [1.29, 1.82) is 0 Å². The third kappa shape index (κ3) is 2.53. The Balaban J connectivity index is 2.08. The molecular formula is C10H13BrN6O. The molecule has 0 aliphatic carbocycles. The summed E-state index contributed by atoms with van der Waals surface area (Å²) in [6.07, 6.45) is 3.33. The number of ether oxygens (including phenoxy) is 1. The Morgan fingerprint density at radius 3 is 2.89 bits per heavy atom. The first-order valence-electron chi connectivity index (χ1n) is 5.18. The summed E-state index contributed by atoms with van der Waals surface area (Å²) in [4.78, 5) is 8.30. The van der Waals surface area contributed by atoms with Gasteiger partial charge in [-0.2, -0.15) is 10.1 Å². The Kier molecular flexibility index (Phi) is 3.66. The zero-order valence-corrected chi connectivity index (χ0v) is 11.6. The van der Waals surface area contributed by atoms with Gasteiger partial charge in [-0.1, -0.05) is 0 Å². The summed E-state index contributed by atoms with van der Waals surface area (Å²) in [6.45, 7) is 0.504. The van der Waals surface area contributed by atoms with Gasteiger partial charge < -0.3 is 15.8 Å². The van der Waals surface area contributed by atoms with Gasteiger partial charge in [0.25, 0.3) is 0 Å². The standard InChI is InChI=1S/C10H13BrN6O/c1-17-8(12)6(4-15-17)3-13-10-14-5-7(11)9(16-10)18-2/h4-5H,3,12H2,1-2H3,(H,13,14,16). The molecule has 7 nitrogen and oxygen atoms in total. The van der Waals surface area contributed by atoms with Crippen molar-refractivity contribution in [2.45, 2.75) is 6.54 Å². The van der Waals surface area contributed by atoms with Crippen LogP contribution in [0.25, 0.3) is 0 Å². The molecule has 0 radical (unpaired) electrons. The summed E-state index contributed by atoms with van der Waals surface area (Å²) in [5, 5.41) is 7.12. The molecule has 2 aromatic heterocycles. The highest BCUT2D eigenvalue weighted by Gasteiger charge is 2.07. The SMILES string of the molecule is COc1nc(NCc2cnn(C)c2N)ncc1Br. The van der Waals surface area contributed by atoms with E-state index in [0.717, 1.165) is 5.56 Å². The van der Waals surface area contributed by atoms with E-state index in [1.54, 1.807) is 31.2 Å². The molecule has 0 aliphatic heterocycles. The number of nitrogens with one attached hydrogen (secondary N) is 1. The quantitative estimate of drug-likeness (QED) is 0.881. The number of rotatable bonds is 4. The van der Waals surface area contributed by atoms with Crippen molar-refractivity contribution in [1.82, 2.24) is 19.7 Å². The van der Waals surface area contributed by atoms with Crippen molar-refractivity contribution in [2.75, 3.05) is 18.2 Å². The summed E-state index contributed by atoms with van der Waals surface area (Å²) in [5.74, 6) is 1.57. The van der Waals surface area contributed by atoms with Gasteiger partial charge in [0.1, 0.15) is 5.82 Å². The van der Waals surface area contributed by atoms with Gasteiger partial charge in [-0.3, -0.25) is 4.68 Å². The Morgan fingerprint density at radius 1 is 1.50 bits per heavy atom. The number of hydrogen-bond donors (Lipinski definition) is 2. The molecule has 0 aromatic carbocycles. The van der Waals surface area contributed by atoms with Gasteiger partial charge in [0, 0.05) is 19.2 Å². The smallest absolute Gasteiger partial charge is 0.232 e. The Morgan fingerprint density at radius 2 is 2.28 bits per heavy atom. The van der Waals surface area contributed by atoms with E-state index in [2.05, 4.69) is 36.3 Å². The van der Waals surface area contributed by atoms with Gasteiger partial charge >= 0.3 is 0 Å². The van der Waals surface area contributed by atoms with Crippen molar-refractivity contribution in [3.63, 3.8) is 0 Å². The van der Waals surface area contributed by atoms with E-state index in [1.807, 2.05) is 0 Å². The molecule has 2 rings (SSSR count).